The number of hydrogen-bond donors (Lipinski definition) is 2. The molecular formula is C14H22N2O4. The third kappa shape index (κ3) is 3.95. The van der Waals surface area contributed by atoms with E-state index in [0.29, 0.717) is 19.4 Å². The van der Waals surface area contributed by atoms with Gasteiger partial charge in [-0.05, 0) is 19.3 Å². The van der Waals surface area contributed by atoms with E-state index in [-0.39, 0.29) is 11.8 Å². The van der Waals surface area contributed by atoms with Crippen LogP contribution in [0.3, 0.4) is 0 Å². The molecule has 0 aromatic heterocycles. The Balaban J connectivity index is 1.64. The minimum absolute atomic E-state index is 0.0813. The van der Waals surface area contributed by atoms with E-state index < -0.39 is 17.8 Å². The van der Waals surface area contributed by atoms with Crippen molar-refractivity contribution < 1.29 is 19.5 Å². The van der Waals surface area contributed by atoms with E-state index >= 15 is 0 Å². The number of carboxylic acid groups (broad SMARTS) is 1. The summed E-state index contributed by atoms with van der Waals surface area (Å²) >= 11 is 0. The van der Waals surface area contributed by atoms with Crippen LogP contribution in [0, 0.1) is 11.8 Å². The number of likely N-dealkylation sites (tertiary alicyclic amines) is 1. The highest BCUT2D eigenvalue weighted by Gasteiger charge is 2.48. The lowest BCUT2D eigenvalue weighted by atomic mass is 10.2. The van der Waals surface area contributed by atoms with Gasteiger partial charge in [-0.2, -0.15) is 0 Å². The van der Waals surface area contributed by atoms with Crippen LogP contribution in [0.15, 0.2) is 0 Å². The van der Waals surface area contributed by atoms with Crippen molar-refractivity contribution in [3.05, 3.63) is 0 Å². The quantitative estimate of drug-likeness (QED) is 0.773. The first-order valence-corrected chi connectivity index (χ1v) is 7.38. The van der Waals surface area contributed by atoms with Gasteiger partial charge < -0.3 is 15.3 Å². The molecule has 20 heavy (non-hydrogen) atoms. The Hall–Kier alpha value is -1.59. The zero-order chi connectivity index (χ0) is 14.5. The zero-order valence-electron chi connectivity index (χ0n) is 11.6. The van der Waals surface area contributed by atoms with Crippen molar-refractivity contribution in [3.8, 4) is 0 Å². The molecule has 6 nitrogen and oxygen atoms in total. The standard InChI is InChI=1S/C14H22N2O4/c17-12(16-7-3-1-2-4-8-16)5-6-15-13(18)10-9-11(10)14(19)20/h10-11H,1-9H2,(H,15,18)(H,19,20). The van der Waals surface area contributed by atoms with Crippen LogP contribution < -0.4 is 5.32 Å². The van der Waals surface area contributed by atoms with Crippen molar-refractivity contribution in [2.45, 2.75) is 38.5 Å². The summed E-state index contributed by atoms with van der Waals surface area (Å²) < 4.78 is 0. The molecule has 1 saturated carbocycles. The maximum absolute atomic E-state index is 12.0. The Labute approximate surface area is 118 Å². The molecule has 1 aliphatic heterocycles. The zero-order valence-corrected chi connectivity index (χ0v) is 11.6. The smallest absolute Gasteiger partial charge is 0.307 e. The Morgan fingerprint density at radius 3 is 2.25 bits per heavy atom. The Morgan fingerprint density at radius 2 is 1.70 bits per heavy atom. The van der Waals surface area contributed by atoms with Crippen LogP contribution >= 0.6 is 0 Å². The molecule has 0 bridgehead atoms. The molecule has 0 aromatic rings. The summed E-state index contributed by atoms with van der Waals surface area (Å²) in [5.74, 6) is -2.00. The maximum Gasteiger partial charge on any atom is 0.307 e. The molecule has 2 fully saturated rings. The van der Waals surface area contributed by atoms with E-state index in [1.54, 1.807) is 0 Å². The third-order valence-electron chi connectivity index (χ3n) is 4.04. The summed E-state index contributed by atoms with van der Waals surface area (Å²) in [4.78, 5) is 36.1. The molecule has 2 rings (SSSR count). The highest BCUT2D eigenvalue weighted by molar-refractivity contribution is 5.89. The number of carbonyl (C=O) groups excluding carboxylic acids is 2. The van der Waals surface area contributed by atoms with Crippen molar-refractivity contribution in [1.29, 1.82) is 0 Å². The molecule has 0 radical (unpaired) electrons. The number of nitrogens with zero attached hydrogens (tertiary/aromatic N) is 1. The number of aliphatic carboxylic acids is 1. The fourth-order valence-electron chi connectivity index (χ4n) is 2.66. The highest BCUT2D eigenvalue weighted by Crippen LogP contribution is 2.38. The summed E-state index contributed by atoms with van der Waals surface area (Å²) in [6.45, 7) is 1.93. The third-order valence-corrected chi connectivity index (χ3v) is 4.04. The van der Waals surface area contributed by atoms with Crippen LogP contribution in [-0.4, -0.2) is 47.4 Å². The number of carboxylic acids is 1. The minimum Gasteiger partial charge on any atom is -0.481 e. The predicted octanol–water partition coefficient (Wildman–Crippen LogP) is 0.616. The van der Waals surface area contributed by atoms with Crippen molar-refractivity contribution in [3.63, 3.8) is 0 Å². The lowest BCUT2D eigenvalue weighted by Gasteiger charge is -2.20. The molecule has 0 aromatic carbocycles. The van der Waals surface area contributed by atoms with E-state index in [1.165, 1.54) is 12.8 Å². The van der Waals surface area contributed by atoms with Crippen LogP contribution in [0.2, 0.25) is 0 Å². The highest BCUT2D eigenvalue weighted by atomic mass is 16.4. The SMILES string of the molecule is O=C(O)C1CC1C(=O)NCCC(=O)N1CCCCCC1. The van der Waals surface area contributed by atoms with Crippen LogP contribution in [0.4, 0.5) is 0 Å². The minimum atomic E-state index is -0.911. The molecule has 1 aliphatic carbocycles. The van der Waals surface area contributed by atoms with Gasteiger partial charge in [0.1, 0.15) is 0 Å². The average molecular weight is 282 g/mol. The molecule has 112 valence electrons. The Kier molecular flexibility index (Phi) is 4.98. The second-order valence-electron chi connectivity index (χ2n) is 5.62. The summed E-state index contributed by atoms with van der Waals surface area (Å²) in [7, 11) is 0. The van der Waals surface area contributed by atoms with E-state index in [2.05, 4.69) is 5.32 Å². The van der Waals surface area contributed by atoms with E-state index in [1.807, 2.05) is 4.90 Å². The average Bonchev–Trinajstić information content (AvgIpc) is 3.22. The van der Waals surface area contributed by atoms with Gasteiger partial charge in [0.05, 0.1) is 11.8 Å². The van der Waals surface area contributed by atoms with E-state index in [4.69, 9.17) is 5.11 Å². The molecule has 2 atom stereocenters. The molecule has 0 spiro atoms. The second-order valence-corrected chi connectivity index (χ2v) is 5.62. The van der Waals surface area contributed by atoms with E-state index in [9.17, 15) is 14.4 Å². The lowest BCUT2D eigenvalue weighted by Crippen LogP contribution is -2.35. The van der Waals surface area contributed by atoms with Gasteiger partial charge in [0, 0.05) is 26.1 Å². The van der Waals surface area contributed by atoms with Gasteiger partial charge in [-0.15, -0.1) is 0 Å². The Morgan fingerprint density at radius 1 is 1.05 bits per heavy atom. The molecule has 2 aliphatic rings. The Bertz CT molecular complexity index is 389. The second kappa shape index (κ2) is 6.72. The summed E-state index contributed by atoms with van der Waals surface area (Å²) in [6, 6.07) is 0. The van der Waals surface area contributed by atoms with Crippen molar-refractivity contribution in [1.82, 2.24) is 10.2 Å². The number of amides is 2. The van der Waals surface area contributed by atoms with E-state index in [0.717, 1.165) is 25.9 Å². The van der Waals surface area contributed by atoms with Gasteiger partial charge in [0.15, 0.2) is 0 Å². The summed E-state index contributed by atoms with van der Waals surface area (Å²) in [6.07, 6.45) is 5.19. The van der Waals surface area contributed by atoms with Crippen LogP contribution in [-0.2, 0) is 14.4 Å². The summed E-state index contributed by atoms with van der Waals surface area (Å²) in [5, 5.41) is 11.4. The fourth-order valence-corrected chi connectivity index (χ4v) is 2.66. The maximum atomic E-state index is 12.0. The van der Waals surface area contributed by atoms with Gasteiger partial charge >= 0.3 is 5.97 Å². The lowest BCUT2D eigenvalue weighted by molar-refractivity contribution is -0.140. The van der Waals surface area contributed by atoms with Crippen molar-refractivity contribution in [2.75, 3.05) is 19.6 Å². The first-order valence-electron chi connectivity index (χ1n) is 7.38. The molecular weight excluding hydrogens is 260 g/mol. The van der Waals surface area contributed by atoms with Crippen LogP contribution in [0.1, 0.15) is 38.5 Å². The first-order chi connectivity index (χ1) is 9.59. The number of carbonyl (C=O) groups is 3. The van der Waals surface area contributed by atoms with Crippen molar-refractivity contribution >= 4 is 17.8 Å². The number of nitrogens with one attached hydrogen (secondary N) is 1. The van der Waals surface area contributed by atoms with Gasteiger partial charge in [-0.3, -0.25) is 14.4 Å². The molecule has 1 heterocycles. The van der Waals surface area contributed by atoms with Gasteiger partial charge in [-0.25, -0.2) is 0 Å². The van der Waals surface area contributed by atoms with Gasteiger partial charge in [-0.1, -0.05) is 12.8 Å². The fraction of sp³-hybridized carbons (Fsp3) is 0.786. The normalized spacial score (nSPS) is 25.7. The molecule has 1 saturated heterocycles. The predicted molar refractivity (Wildman–Crippen MR) is 71.9 cm³/mol. The summed E-state index contributed by atoms with van der Waals surface area (Å²) in [5.41, 5.74) is 0. The monoisotopic (exact) mass is 282 g/mol. The van der Waals surface area contributed by atoms with Crippen LogP contribution in [0.25, 0.3) is 0 Å². The number of rotatable bonds is 5. The first kappa shape index (κ1) is 14.8. The largest absolute Gasteiger partial charge is 0.481 e. The van der Waals surface area contributed by atoms with Crippen molar-refractivity contribution in [2.24, 2.45) is 11.8 Å². The molecule has 2 N–H and O–H groups in total. The number of hydrogen-bond acceptors (Lipinski definition) is 3. The van der Waals surface area contributed by atoms with Crippen LogP contribution in [0.5, 0.6) is 0 Å². The van der Waals surface area contributed by atoms with Gasteiger partial charge in [0.25, 0.3) is 0 Å². The molecule has 2 amide bonds. The molecule has 2 unspecified atom stereocenters. The topological polar surface area (TPSA) is 86.7 Å². The molecule has 6 heteroatoms. The van der Waals surface area contributed by atoms with Gasteiger partial charge in [0.2, 0.25) is 11.8 Å².